The molecular formula is C12H9ClN4O. The molecule has 0 unspecified atom stereocenters. The third kappa shape index (κ3) is 1.89. The first-order valence-corrected chi connectivity index (χ1v) is 5.76. The molecule has 5 nitrogen and oxygen atoms in total. The fourth-order valence-electron chi connectivity index (χ4n) is 1.76. The quantitative estimate of drug-likeness (QED) is 0.703. The third-order valence-electron chi connectivity index (χ3n) is 2.58. The van der Waals surface area contributed by atoms with E-state index in [4.69, 9.17) is 11.6 Å². The lowest BCUT2D eigenvalue weighted by Gasteiger charge is -1.99. The lowest BCUT2D eigenvalue weighted by atomic mass is 10.3. The Morgan fingerprint density at radius 1 is 1.28 bits per heavy atom. The number of hydrogen-bond acceptors (Lipinski definition) is 3. The van der Waals surface area contributed by atoms with Crippen molar-refractivity contribution in [1.82, 2.24) is 19.2 Å². The van der Waals surface area contributed by atoms with Gasteiger partial charge in [-0.25, -0.2) is 9.48 Å². The van der Waals surface area contributed by atoms with E-state index in [1.165, 1.54) is 9.08 Å². The summed E-state index contributed by atoms with van der Waals surface area (Å²) in [5.74, 6) is 0. The summed E-state index contributed by atoms with van der Waals surface area (Å²) in [6, 6.07) is 8.82. The predicted octanol–water partition coefficient (Wildman–Crippen LogP) is 1.59. The Morgan fingerprint density at radius 2 is 2.17 bits per heavy atom. The van der Waals surface area contributed by atoms with Gasteiger partial charge in [-0.1, -0.05) is 17.7 Å². The number of halogens is 1. The number of rotatable bonds is 2. The van der Waals surface area contributed by atoms with E-state index in [0.29, 0.717) is 22.9 Å². The second kappa shape index (κ2) is 4.27. The molecule has 0 amide bonds. The van der Waals surface area contributed by atoms with Gasteiger partial charge in [-0.15, -0.1) is 5.10 Å². The lowest BCUT2D eigenvalue weighted by Crippen LogP contribution is -2.21. The van der Waals surface area contributed by atoms with Gasteiger partial charge in [-0.2, -0.15) is 0 Å². The first-order chi connectivity index (χ1) is 8.74. The number of nitrogens with zero attached hydrogens (tertiary/aromatic N) is 4. The zero-order valence-corrected chi connectivity index (χ0v) is 10.1. The molecule has 3 aromatic heterocycles. The molecule has 0 aliphatic carbocycles. The maximum Gasteiger partial charge on any atom is 0.350 e. The number of hydrogen-bond donors (Lipinski definition) is 0. The predicted molar refractivity (Wildman–Crippen MR) is 67.8 cm³/mol. The van der Waals surface area contributed by atoms with E-state index in [-0.39, 0.29) is 5.69 Å². The smallest absolute Gasteiger partial charge is 0.259 e. The van der Waals surface area contributed by atoms with Gasteiger partial charge >= 0.3 is 5.69 Å². The molecule has 0 aliphatic heterocycles. The highest BCUT2D eigenvalue weighted by Crippen LogP contribution is 2.08. The summed E-state index contributed by atoms with van der Waals surface area (Å²) in [5.41, 5.74) is 1.13. The third-order valence-corrected chi connectivity index (χ3v) is 2.81. The summed E-state index contributed by atoms with van der Waals surface area (Å²) in [4.78, 5) is 16.2. The molecule has 0 atom stereocenters. The van der Waals surface area contributed by atoms with Crippen LogP contribution >= 0.6 is 11.6 Å². The maximum atomic E-state index is 12.0. The highest BCUT2D eigenvalue weighted by Gasteiger charge is 2.07. The highest BCUT2D eigenvalue weighted by atomic mass is 35.5. The van der Waals surface area contributed by atoms with Crippen molar-refractivity contribution in [3.63, 3.8) is 0 Å². The number of fused-ring (bicyclic) bond motifs is 1. The van der Waals surface area contributed by atoms with E-state index in [9.17, 15) is 4.79 Å². The summed E-state index contributed by atoms with van der Waals surface area (Å²) < 4.78 is 2.86. The normalized spacial score (nSPS) is 10.9. The van der Waals surface area contributed by atoms with Crippen LogP contribution in [0, 0.1) is 0 Å². The summed E-state index contributed by atoms with van der Waals surface area (Å²) in [6.45, 7) is 0.307. The van der Waals surface area contributed by atoms with Crippen molar-refractivity contribution >= 4 is 17.2 Å². The standard InChI is InChI=1S/C12H9ClN4O/c13-9-4-5-14-10(7-9)8-17-12(18)16-6-2-1-3-11(16)15-17/h1-7H,8H2. The summed E-state index contributed by atoms with van der Waals surface area (Å²) in [5, 5.41) is 4.82. The van der Waals surface area contributed by atoms with Crippen LogP contribution in [0.25, 0.3) is 5.65 Å². The van der Waals surface area contributed by atoms with Crippen LogP contribution in [0.15, 0.2) is 47.5 Å². The van der Waals surface area contributed by atoms with Crippen molar-refractivity contribution in [3.8, 4) is 0 Å². The van der Waals surface area contributed by atoms with Crippen LogP contribution in [0.4, 0.5) is 0 Å². The summed E-state index contributed by atoms with van der Waals surface area (Å²) in [6.07, 6.45) is 3.30. The molecule has 0 spiro atoms. The van der Waals surface area contributed by atoms with Gasteiger partial charge in [-0.3, -0.25) is 9.38 Å². The zero-order valence-electron chi connectivity index (χ0n) is 9.32. The fraction of sp³-hybridized carbons (Fsp3) is 0.0833. The minimum atomic E-state index is -0.188. The van der Waals surface area contributed by atoms with Crippen LogP contribution < -0.4 is 5.69 Å². The molecule has 0 fully saturated rings. The van der Waals surface area contributed by atoms with Crippen LogP contribution in [0.2, 0.25) is 5.02 Å². The van der Waals surface area contributed by atoms with E-state index >= 15 is 0 Å². The van der Waals surface area contributed by atoms with Crippen molar-refractivity contribution in [2.75, 3.05) is 0 Å². The van der Waals surface area contributed by atoms with Crippen molar-refractivity contribution in [2.45, 2.75) is 6.54 Å². The molecule has 18 heavy (non-hydrogen) atoms. The molecular weight excluding hydrogens is 252 g/mol. The molecule has 3 heterocycles. The molecule has 3 rings (SSSR count). The van der Waals surface area contributed by atoms with Crippen LogP contribution in [-0.2, 0) is 6.54 Å². The van der Waals surface area contributed by atoms with Gasteiger partial charge in [0.2, 0.25) is 0 Å². The Bertz CT molecular complexity index is 762. The van der Waals surface area contributed by atoms with E-state index < -0.39 is 0 Å². The van der Waals surface area contributed by atoms with E-state index in [0.717, 1.165) is 0 Å². The second-order valence-electron chi connectivity index (χ2n) is 3.83. The van der Waals surface area contributed by atoms with Gasteiger partial charge in [-0.05, 0) is 24.3 Å². The second-order valence-corrected chi connectivity index (χ2v) is 4.27. The van der Waals surface area contributed by atoms with E-state index in [2.05, 4.69) is 10.1 Å². The van der Waals surface area contributed by atoms with Crippen LogP contribution in [0.5, 0.6) is 0 Å². The number of pyridine rings is 2. The molecule has 6 heteroatoms. The van der Waals surface area contributed by atoms with Crippen LogP contribution in [0.3, 0.4) is 0 Å². The van der Waals surface area contributed by atoms with Crippen molar-refractivity contribution in [3.05, 3.63) is 63.9 Å². The van der Waals surface area contributed by atoms with Gasteiger partial charge in [0.05, 0.1) is 12.2 Å². The Labute approximate surface area is 107 Å². The molecule has 0 radical (unpaired) electrons. The van der Waals surface area contributed by atoms with Crippen molar-refractivity contribution < 1.29 is 0 Å². The Hall–Kier alpha value is -2.14. The minimum absolute atomic E-state index is 0.188. The van der Waals surface area contributed by atoms with Crippen molar-refractivity contribution in [1.29, 1.82) is 0 Å². The maximum absolute atomic E-state index is 12.0. The average molecular weight is 261 g/mol. The fourth-order valence-corrected chi connectivity index (χ4v) is 1.94. The monoisotopic (exact) mass is 260 g/mol. The molecule has 3 aromatic rings. The van der Waals surface area contributed by atoms with Gasteiger partial charge in [0.25, 0.3) is 0 Å². The molecule has 0 saturated carbocycles. The molecule has 0 N–H and O–H groups in total. The van der Waals surface area contributed by atoms with Gasteiger partial charge in [0.15, 0.2) is 5.65 Å². The molecule has 0 aromatic carbocycles. The Morgan fingerprint density at radius 3 is 2.94 bits per heavy atom. The molecule has 0 aliphatic rings. The lowest BCUT2D eigenvalue weighted by molar-refractivity contribution is 0.646. The zero-order chi connectivity index (χ0) is 12.5. The van der Waals surface area contributed by atoms with E-state index in [1.54, 1.807) is 36.7 Å². The van der Waals surface area contributed by atoms with Crippen LogP contribution in [-0.4, -0.2) is 19.2 Å². The van der Waals surface area contributed by atoms with Gasteiger partial charge in [0, 0.05) is 17.4 Å². The van der Waals surface area contributed by atoms with Gasteiger partial charge in [0.1, 0.15) is 0 Å². The molecule has 0 saturated heterocycles. The highest BCUT2D eigenvalue weighted by molar-refractivity contribution is 6.30. The van der Waals surface area contributed by atoms with Crippen molar-refractivity contribution in [2.24, 2.45) is 0 Å². The van der Waals surface area contributed by atoms with E-state index in [1.807, 2.05) is 6.07 Å². The molecule has 0 bridgehead atoms. The molecule has 90 valence electrons. The first-order valence-electron chi connectivity index (χ1n) is 5.39. The SMILES string of the molecule is O=c1n(Cc2cc(Cl)ccn2)nc2ccccn12. The Balaban J connectivity index is 2.05. The minimum Gasteiger partial charge on any atom is -0.259 e. The largest absolute Gasteiger partial charge is 0.350 e. The first kappa shape index (κ1) is 11.0. The van der Waals surface area contributed by atoms with Gasteiger partial charge < -0.3 is 0 Å². The van der Waals surface area contributed by atoms with Crippen LogP contribution in [0.1, 0.15) is 5.69 Å². The topological polar surface area (TPSA) is 52.2 Å². The summed E-state index contributed by atoms with van der Waals surface area (Å²) >= 11 is 5.88. The Kier molecular flexibility index (Phi) is 2.60. The summed E-state index contributed by atoms with van der Waals surface area (Å²) in [7, 11) is 0. The average Bonchev–Trinajstić information content (AvgIpc) is 2.67. The number of aromatic nitrogens is 4.